The maximum atomic E-state index is 5.71. The number of rotatable bonds is 3. The second-order valence-electron chi connectivity index (χ2n) is 4.97. The molecule has 0 atom stereocenters. The fourth-order valence-electron chi connectivity index (χ4n) is 2.06. The van der Waals surface area contributed by atoms with Crippen molar-refractivity contribution in [3.05, 3.63) is 36.0 Å². The van der Waals surface area contributed by atoms with Crippen LogP contribution in [-0.4, -0.2) is 20.2 Å². The highest BCUT2D eigenvalue weighted by molar-refractivity contribution is 5.88. The van der Waals surface area contributed by atoms with E-state index in [-0.39, 0.29) is 5.95 Å². The van der Waals surface area contributed by atoms with E-state index in [2.05, 4.69) is 51.5 Å². The highest BCUT2D eigenvalue weighted by atomic mass is 15.2. The Morgan fingerprint density at radius 1 is 1.25 bits per heavy atom. The van der Waals surface area contributed by atoms with Gasteiger partial charge in [-0.1, -0.05) is 26.0 Å². The van der Waals surface area contributed by atoms with Crippen molar-refractivity contribution in [1.29, 1.82) is 0 Å². The molecule has 0 amide bonds. The molecule has 6 heteroatoms. The van der Waals surface area contributed by atoms with Crippen molar-refractivity contribution in [3.63, 3.8) is 0 Å². The largest absolute Gasteiger partial charge is 0.368 e. The quantitative estimate of drug-likeness (QED) is 0.679. The van der Waals surface area contributed by atoms with Crippen LogP contribution in [0.1, 0.15) is 25.3 Å². The van der Waals surface area contributed by atoms with Crippen LogP contribution in [0.25, 0.3) is 11.0 Å². The Bertz CT molecular complexity index is 746. The summed E-state index contributed by atoms with van der Waals surface area (Å²) in [6, 6.07) is 8.23. The first-order valence-corrected chi connectivity index (χ1v) is 6.47. The standard InChI is InChI=1S/C14H16N6/c1-8(2)9-4-3-5-10(6-9)17-12-11-7-16-20-13(11)19-14(15)18-12/h3-8H,1-2H3,(H4,15,16,17,18,19,20). The number of nitrogens with two attached hydrogens (primary N) is 1. The monoisotopic (exact) mass is 268 g/mol. The van der Waals surface area contributed by atoms with E-state index in [1.165, 1.54) is 5.56 Å². The van der Waals surface area contributed by atoms with E-state index < -0.39 is 0 Å². The molecule has 0 spiro atoms. The summed E-state index contributed by atoms with van der Waals surface area (Å²) in [6.07, 6.45) is 1.68. The molecule has 0 bridgehead atoms. The first kappa shape index (κ1) is 12.4. The zero-order chi connectivity index (χ0) is 14.1. The number of nitrogen functional groups attached to an aromatic ring is 1. The molecule has 2 heterocycles. The second kappa shape index (κ2) is 4.80. The first-order valence-electron chi connectivity index (χ1n) is 6.47. The van der Waals surface area contributed by atoms with Gasteiger partial charge in [0.1, 0.15) is 5.82 Å². The van der Waals surface area contributed by atoms with Gasteiger partial charge in [0.05, 0.1) is 11.6 Å². The minimum atomic E-state index is 0.212. The van der Waals surface area contributed by atoms with Gasteiger partial charge in [0, 0.05) is 5.69 Å². The molecule has 0 saturated carbocycles. The minimum absolute atomic E-state index is 0.212. The lowest BCUT2D eigenvalue weighted by Gasteiger charge is -2.10. The number of H-pyrrole nitrogens is 1. The number of nitrogens with one attached hydrogen (secondary N) is 2. The number of aromatic nitrogens is 4. The summed E-state index contributed by atoms with van der Waals surface area (Å²) < 4.78 is 0. The summed E-state index contributed by atoms with van der Waals surface area (Å²) in [5, 5.41) is 10.9. The number of hydrogen-bond donors (Lipinski definition) is 3. The van der Waals surface area contributed by atoms with Crippen LogP contribution < -0.4 is 11.1 Å². The molecule has 0 aliphatic carbocycles. The lowest BCUT2D eigenvalue weighted by atomic mass is 10.0. The Morgan fingerprint density at radius 3 is 2.90 bits per heavy atom. The number of aromatic amines is 1. The highest BCUT2D eigenvalue weighted by Crippen LogP contribution is 2.25. The van der Waals surface area contributed by atoms with Gasteiger partial charge in [-0.05, 0) is 23.6 Å². The first-order chi connectivity index (χ1) is 9.63. The van der Waals surface area contributed by atoms with Gasteiger partial charge in [0.25, 0.3) is 0 Å². The third-order valence-electron chi connectivity index (χ3n) is 3.14. The van der Waals surface area contributed by atoms with Crippen LogP contribution in [0.2, 0.25) is 0 Å². The van der Waals surface area contributed by atoms with E-state index in [1.54, 1.807) is 6.20 Å². The maximum Gasteiger partial charge on any atom is 0.224 e. The third kappa shape index (κ3) is 2.27. The third-order valence-corrected chi connectivity index (χ3v) is 3.14. The maximum absolute atomic E-state index is 5.71. The van der Waals surface area contributed by atoms with Crippen LogP contribution in [-0.2, 0) is 0 Å². The Balaban J connectivity index is 2.00. The molecule has 0 saturated heterocycles. The van der Waals surface area contributed by atoms with Crippen LogP contribution >= 0.6 is 0 Å². The van der Waals surface area contributed by atoms with Crippen molar-refractivity contribution < 1.29 is 0 Å². The summed E-state index contributed by atoms with van der Waals surface area (Å²) in [4.78, 5) is 8.33. The molecule has 0 radical (unpaired) electrons. The number of anilines is 3. The molecule has 2 aromatic heterocycles. The zero-order valence-electron chi connectivity index (χ0n) is 11.4. The van der Waals surface area contributed by atoms with E-state index in [4.69, 9.17) is 5.73 Å². The highest BCUT2D eigenvalue weighted by Gasteiger charge is 2.09. The fraction of sp³-hybridized carbons (Fsp3) is 0.214. The molecule has 0 aliphatic rings. The van der Waals surface area contributed by atoms with E-state index in [0.717, 1.165) is 11.1 Å². The molecule has 0 aliphatic heterocycles. The molecule has 20 heavy (non-hydrogen) atoms. The van der Waals surface area contributed by atoms with Gasteiger partial charge in [0.2, 0.25) is 5.95 Å². The number of nitrogens with zero attached hydrogens (tertiary/aromatic N) is 3. The molecule has 6 nitrogen and oxygen atoms in total. The van der Waals surface area contributed by atoms with Gasteiger partial charge in [-0.25, -0.2) is 0 Å². The molecule has 0 unspecified atom stereocenters. The van der Waals surface area contributed by atoms with Crippen molar-refractivity contribution >= 4 is 28.5 Å². The second-order valence-corrected chi connectivity index (χ2v) is 4.97. The van der Waals surface area contributed by atoms with E-state index in [0.29, 0.717) is 17.4 Å². The molecule has 102 valence electrons. The average Bonchev–Trinajstić information content (AvgIpc) is 2.87. The molecule has 1 aromatic carbocycles. The van der Waals surface area contributed by atoms with Gasteiger partial charge in [0.15, 0.2) is 5.65 Å². The summed E-state index contributed by atoms with van der Waals surface area (Å²) in [5.74, 6) is 1.34. The van der Waals surface area contributed by atoms with Crippen molar-refractivity contribution in [1.82, 2.24) is 20.2 Å². The van der Waals surface area contributed by atoms with Gasteiger partial charge < -0.3 is 11.1 Å². The predicted octanol–water partition coefficient (Wildman–Crippen LogP) is 2.80. The summed E-state index contributed by atoms with van der Waals surface area (Å²) in [5.41, 5.74) is 8.56. The molecule has 3 rings (SSSR count). The van der Waals surface area contributed by atoms with Crippen LogP contribution in [0.4, 0.5) is 17.5 Å². The van der Waals surface area contributed by atoms with Gasteiger partial charge in [-0.3, -0.25) is 5.10 Å². The normalized spacial score (nSPS) is 11.2. The number of hydrogen-bond acceptors (Lipinski definition) is 5. The van der Waals surface area contributed by atoms with Crippen molar-refractivity contribution in [2.75, 3.05) is 11.1 Å². The predicted molar refractivity (Wildman–Crippen MR) is 79.9 cm³/mol. The minimum Gasteiger partial charge on any atom is -0.368 e. The van der Waals surface area contributed by atoms with Crippen LogP contribution in [0.15, 0.2) is 30.5 Å². The summed E-state index contributed by atoms with van der Waals surface area (Å²) >= 11 is 0. The van der Waals surface area contributed by atoms with Crippen LogP contribution in [0.3, 0.4) is 0 Å². The van der Waals surface area contributed by atoms with Crippen molar-refractivity contribution in [3.8, 4) is 0 Å². The van der Waals surface area contributed by atoms with Gasteiger partial charge in [-0.2, -0.15) is 15.1 Å². The molecule has 0 fully saturated rings. The van der Waals surface area contributed by atoms with Crippen molar-refractivity contribution in [2.24, 2.45) is 0 Å². The van der Waals surface area contributed by atoms with E-state index >= 15 is 0 Å². The molecule has 3 aromatic rings. The number of fused-ring (bicyclic) bond motifs is 1. The van der Waals surface area contributed by atoms with Gasteiger partial charge >= 0.3 is 0 Å². The Labute approximate surface area is 116 Å². The lowest BCUT2D eigenvalue weighted by molar-refractivity contribution is 0.867. The topological polar surface area (TPSA) is 92.5 Å². The number of benzene rings is 1. The Morgan fingerprint density at radius 2 is 2.10 bits per heavy atom. The van der Waals surface area contributed by atoms with E-state index in [1.807, 2.05) is 12.1 Å². The van der Waals surface area contributed by atoms with E-state index in [9.17, 15) is 0 Å². The average molecular weight is 268 g/mol. The van der Waals surface area contributed by atoms with Crippen LogP contribution in [0, 0.1) is 0 Å². The van der Waals surface area contributed by atoms with Gasteiger partial charge in [-0.15, -0.1) is 0 Å². The SMILES string of the molecule is CC(C)c1cccc(Nc2nc(N)nc3[nH]ncc23)c1. The molecular weight excluding hydrogens is 252 g/mol. The lowest BCUT2D eigenvalue weighted by Crippen LogP contribution is -2.01. The van der Waals surface area contributed by atoms with Crippen LogP contribution in [0.5, 0.6) is 0 Å². The van der Waals surface area contributed by atoms with Crippen molar-refractivity contribution in [2.45, 2.75) is 19.8 Å². The molecular formula is C14H16N6. The Kier molecular flexibility index (Phi) is 2.98. The zero-order valence-corrected chi connectivity index (χ0v) is 11.4. The Hall–Kier alpha value is -2.63. The summed E-state index contributed by atoms with van der Waals surface area (Å²) in [6.45, 7) is 4.33. The fourth-order valence-corrected chi connectivity index (χ4v) is 2.06. The smallest absolute Gasteiger partial charge is 0.224 e. The molecule has 4 N–H and O–H groups in total. The summed E-state index contributed by atoms with van der Waals surface area (Å²) in [7, 11) is 0.